The minimum absolute atomic E-state index is 0. The molecule has 0 radical (unpaired) electrons. The number of halogens is 1. The maximum atomic E-state index is 11.7. The molecule has 22 heavy (non-hydrogen) atoms. The van der Waals surface area contributed by atoms with E-state index < -0.39 is 0 Å². The van der Waals surface area contributed by atoms with Crippen molar-refractivity contribution in [3.05, 3.63) is 29.8 Å². The summed E-state index contributed by atoms with van der Waals surface area (Å²) in [6.45, 7) is 0.425. The molecule has 2 rings (SSSR count). The molecule has 1 aliphatic heterocycles. The Morgan fingerprint density at radius 2 is 2.05 bits per heavy atom. The largest absolute Gasteiger partial charge is 0.497 e. The smallest absolute Gasteiger partial charge is 0.239 e. The van der Waals surface area contributed by atoms with Gasteiger partial charge < -0.3 is 15.4 Å². The van der Waals surface area contributed by atoms with Crippen molar-refractivity contribution in [2.24, 2.45) is 0 Å². The zero-order valence-corrected chi connectivity index (χ0v) is 13.9. The van der Waals surface area contributed by atoms with Gasteiger partial charge in [0.2, 0.25) is 11.8 Å². The first-order valence-corrected chi connectivity index (χ1v) is 7.83. The van der Waals surface area contributed by atoms with E-state index in [0.717, 1.165) is 22.9 Å². The number of ether oxygens (including phenoxy) is 1. The number of benzene rings is 1. The highest BCUT2D eigenvalue weighted by molar-refractivity contribution is 7.99. The van der Waals surface area contributed by atoms with Crippen molar-refractivity contribution in [1.82, 2.24) is 16.0 Å². The molecule has 1 aromatic carbocycles. The SMILES string of the molecule is COc1ccc(CNC(=O)CNC(=O)C2CSCN2)cc1.Cl. The lowest BCUT2D eigenvalue weighted by Gasteiger charge is -2.11. The van der Waals surface area contributed by atoms with Crippen LogP contribution < -0.4 is 20.7 Å². The fourth-order valence-corrected chi connectivity index (χ4v) is 2.80. The van der Waals surface area contributed by atoms with Gasteiger partial charge >= 0.3 is 0 Å². The van der Waals surface area contributed by atoms with Gasteiger partial charge in [-0.2, -0.15) is 0 Å². The van der Waals surface area contributed by atoms with Crippen LogP contribution in [-0.4, -0.2) is 43.1 Å². The van der Waals surface area contributed by atoms with Crippen LogP contribution in [0.3, 0.4) is 0 Å². The van der Waals surface area contributed by atoms with Crippen LogP contribution in [0, 0.1) is 0 Å². The molecule has 6 nitrogen and oxygen atoms in total. The summed E-state index contributed by atoms with van der Waals surface area (Å²) in [5, 5.41) is 8.45. The van der Waals surface area contributed by atoms with Crippen LogP contribution in [0.4, 0.5) is 0 Å². The summed E-state index contributed by atoms with van der Waals surface area (Å²) in [6, 6.07) is 7.26. The van der Waals surface area contributed by atoms with Crippen molar-refractivity contribution in [2.45, 2.75) is 12.6 Å². The summed E-state index contributed by atoms with van der Waals surface area (Å²) in [7, 11) is 1.61. The van der Waals surface area contributed by atoms with Crippen molar-refractivity contribution < 1.29 is 14.3 Å². The summed E-state index contributed by atoms with van der Waals surface area (Å²) in [4.78, 5) is 23.4. The van der Waals surface area contributed by atoms with E-state index in [1.54, 1.807) is 18.9 Å². The molecule has 1 aromatic rings. The zero-order chi connectivity index (χ0) is 15.1. The molecule has 1 unspecified atom stereocenters. The Balaban J connectivity index is 0.00000242. The normalized spacial score (nSPS) is 16.5. The number of amides is 2. The number of rotatable bonds is 6. The molecule has 3 N–H and O–H groups in total. The average molecular weight is 346 g/mol. The standard InChI is InChI=1S/C14H19N3O3S.ClH/c1-20-11-4-2-10(3-5-11)6-15-13(18)7-16-14(19)12-8-21-9-17-12;/h2-5,12,17H,6-9H2,1H3,(H,15,18)(H,16,19);1H. The average Bonchev–Trinajstić information content (AvgIpc) is 3.05. The second kappa shape index (κ2) is 9.55. The van der Waals surface area contributed by atoms with E-state index in [0.29, 0.717) is 6.54 Å². The molecule has 0 aromatic heterocycles. The van der Waals surface area contributed by atoms with Gasteiger partial charge in [0.05, 0.1) is 19.7 Å². The van der Waals surface area contributed by atoms with E-state index in [-0.39, 0.29) is 36.8 Å². The third kappa shape index (κ3) is 5.75. The fraction of sp³-hybridized carbons (Fsp3) is 0.429. The van der Waals surface area contributed by atoms with Gasteiger partial charge in [0, 0.05) is 18.2 Å². The number of nitrogens with one attached hydrogen (secondary N) is 3. The lowest BCUT2D eigenvalue weighted by Crippen LogP contribution is -2.45. The van der Waals surface area contributed by atoms with Gasteiger partial charge in [0.15, 0.2) is 0 Å². The van der Waals surface area contributed by atoms with E-state index in [2.05, 4.69) is 16.0 Å². The van der Waals surface area contributed by atoms with Gasteiger partial charge in [0.1, 0.15) is 5.75 Å². The summed E-state index contributed by atoms with van der Waals surface area (Å²) in [5.74, 6) is 1.98. The van der Waals surface area contributed by atoms with Gasteiger partial charge in [-0.25, -0.2) is 0 Å². The minimum atomic E-state index is -0.204. The quantitative estimate of drug-likeness (QED) is 0.700. The Bertz CT molecular complexity index is 493. The highest BCUT2D eigenvalue weighted by Crippen LogP contribution is 2.11. The Kier molecular flexibility index (Phi) is 8.08. The van der Waals surface area contributed by atoms with Crippen LogP contribution in [0.1, 0.15) is 5.56 Å². The summed E-state index contributed by atoms with van der Waals surface area (Å²) < 4.78 is 5.07. The van der Waals surface area contributed by atoms with Crippen LogP contribution >= 0.6 is 24.2 Å². The van der Waals surface area contributed by atoms with Crippen LogP contribution in [-0.2, 0) is 16.1 Å². The van der Waals surface area contributed by atoms with Crippen LogP contribution in [0.2, 0.25) is 0 Å². The Morgan fingerprint density at radius 1 is 1.32 bits per heavy atom. The maximum absolute atomic E-state index is 11.7. The molecule has 0 saturated carbocycles. The monoisotopic (exact) mass is 345 g/mol. The van der Waals surface area contributed by atoms with E-state index in [9.17, 15) is 9.59 Å². The van der Waals surface area contributed by atoms with E-state index in [1.807, 2.05) is 24.3 Å². The second-order valence-electron chi connectivity index (χ2n) is 4.61. The number of thioether (sulfide) groups is 1. The molecule has 122 valence electrons. The van der Waals surface area contributed by atoms with Crippen molar-refractivity contribution >= 4 is 36.0 Å². The van der Waals surface area contributed by atoms with E-state index in [1.165, 1.54) is 0 Å². The first-order valence-electron chi connectivity index (χ1n) is 6.67. The molecule has 1 fully saturated rings. The molecular formula is C14H20ClN3O3S. The third-order valence-corrected chi connectivity index (χ3v) is 4.04. The van der Waals surface area contributed by atoms with Gasteiger partial charge in [-0.1, -0.05) is 12.1 Å². The van der Waals surface area contributed by atoms with Crippen molar-refractivity contribution in [1.29, 1.82) is 0 Å². The van der Waals surface area contributed by atoms with Crippen LogP contribution in [0.5, 0.6) is 5.75 Å². The number of hydrogen-bond acceptors (Lipinski definition) is 5. The maximum Gasteiger partial charge on any atom is 0.239 e. The zero-order valence-electron chi connectivity index (χ0n) is 12.3. The lowest BCUT2D eigenvalue weighted by atomic mass is 10.2. The summed E-state index contributed by atoms with van der Waals surface area (Å²) in [5.41, 5.74) is 0.976. The summed E-state index contributed by atoms with van der Waals surface area (Å²) >= 11 is 1.67. The number of hydrogen-bond donors (Lipinski definition) is 3. The minimum Gasteiger partial charge on any atom is -0.497 e. The van der Waals surface area contributed by atoms with Crippen molar-refractivity contribution in [3.63, 3.8) is 0 Å². The molecule has 0 bridgehead atoms. The van der Waals surface area contributed by atoms with Crippen LogP contribution in [0.25, 0.3) is 0 Å². The summed E-state index contributed by atoms with van der Waals surface area (Å²) in [6.07, 6.45) is 0. The Morgan fingerprint density at radius 3 is 2.64 bits per heavy atom. The second-order valence-corrected chi connectivity index (χ2v) is 5.64. The Hall–Kier alpha value is -1.44. The third-order valence-electron chi connectivity index (χ3n) is 3.10. The Labute approximate surface area is 140 Å². The number of carbonyl (C=O) groups excluding carboxylic acids is 2. The topological polar surface area (TPSA) is 79.5 Å². The molecule has 0 aliphatic carbocycles. The fourth-order valence-electron chi connectivity index (χ4n) is 1.86. The van der Waals surface area contributed by atoms with E-state index in [4.69, 9.17) is 4.74 Å². The molecular weight excluding hydrogens is 326 g/mol. The number of carbonyl (C=O) groups is 2. The molecule has 8 heteroatoms. The molecule has 0 spiro atoms. The van der Waals surface area contributed by atoms with Gasteiger partial charge in [-0.15, -0.1) is 24.2 Å². The van der Waals surface area contributed by atoms with Gasteiger partial charge in [-0.05, 0) is 17.7 Å². The van der Waals surface area contributed by atoms with Crippen LogP contribution in [0.15, 0.2) is 24.3 Å². The predicted molar refractivity (Wildman–Crippen MR) is 89.3 cm³/mol. The first kappa shape index (κ1) is 18.6. The molecule has 1 aliphatic rings. The molecule has 1 atom stereocenters. The van der Waals surface area contributed by atoms with Crippen molar-refractivity contribution in [2.75, 3.05) is 25.3 Å². The van der Waals surface area contributed by atoms with E-state index >= 15 is 0 Å². The first-order chi connectivity index (χ1) is 10.2. The van der Waals surface area contributed by atoms with Gasteiger partial charge in [0.25, 0.3) is 0 Å². The molecule has 1 heterocycles. The predicted octanol–water partition coefficient (Wildman–Crippen LogP) is 0.512. The molecule has 1 saturated heterocycles. The molecule has 2 amide bonds. The lowest BCUT2D eigenvalue weighted by molar-refractivity contribution is -0.126. The van der Waals surface area contributed by atoms with Gasteiger partial charge in [-0.3, -0.25) is 14.9 Å². The number of methoxy groups -OCH3 is 1. The highest BCUT2D eigenvalue weighted by atomic mass is 35.5. The highest BCUT2D eigenvalue weighted by Gasteiger charge is 2.22. The van der Waals surface area contributed by atoms with Crippen molar-refractivity contribution in [3.8, 4) is 5.75 Å².